The van der Waals surface area contributed by atoms with Gasteiger partial charge in [-0.2, -0.15) is 0 Å². The zero-order valence-corrected chi connectivity index (χ0v) is 17.0. The van der Waals surface area contributed by atoms with Crippen molar-refractivity contribution in [3.63, 3.8) is 0 Å². The van der Waals surface area contributed by atoms with Gasteiger partial charge in [-0.05, 0) is 59.7 Å². The molecule has 0 aliphatic heterocycles. The van der Waals surface area contributed by atoms with Gasteiger partial charge in [0.2, 0.25) is 5.95 Å². The Hall–Kier alpha value is -3.58. The summed E-state index contributed by atoms with van der Waals surface area (Å²) in [5, 5.41) is 7.23. The van der Waals surface area contributed by atoms with Crippen LogP contribution < -0.4 is 9.44 Å². The fraction of sp³-hybridized carbons (Fsp3) is 0.0588. The molecule has 11 nitrogen and oxygen atoms in total. The number of hydrogen-bond donors (Lipinski definition) is 2. The maximum absolute atomic E-state index is 12.7. The summed E-state index contributed by atoms with van der Waals surface area (Å²) < 4.78 is 59.6. The van der Waals surface area contributed by atoms with E-state index in [4.69, 9.17) is 0 Å². The van der Waals surface area contributed by atoms with Crippen LogP contribution in [0.4, 0.5) is 11.6 Å². The van der Waals surface area contributed by atoms with Crippen LogP contribution in [0.25, 0.3) is 11.0 Å². The summed E-state index contributed by atoms with van der Waals surface area (Å²) in [6, 6.07) is 11.2. The minimum absolute atomic E-state index is 0.0610. The molecule has 0 fully saturated rings. The second kappa shape index (κ2) is 7.35. The minimum atomic E-state index is -4.01. The van der Waals surface area contributed by atoms with E-state index in [-0.39, 0.29) is 26.9 Å². The van der Waals surface area contributed by atoms with Crippen molar-refractivity contribution < 1.29 is 21.5 Å². The van der Waals surface area contributed by atoms with E-state index in [1.807, 2.05) is 0 Å². The predicted octanol–water partition coefficient (Wildman–Crippen LogP) is 1.92. The van der Waals surface area contributed by atoms with Gasteiger partial charge in [-0.15, -0.1) is 0 Å². The first-order chi connectivity index (χ1) is 14.2. The zero-order chi connectivity index (χ0) is 21.4. The molecule has 2 aromatic carbocycles. The normalized spacial score (nSPS) is 12.0. The second-order valence-corrected chi connectivity index (χ2v) is 9.48. The number of rotatable bonds is 6. The Bertz CT molecular complexity index is 1430. The van der Waals surface area contributed by atoms with Crippen molar-refractivity contribution >= 4 is 42.7 Å². The van der Waals surface area contributed by atoms with Gasteiger partial charge < -0.3 is 0 Å². The fourth-order valence-electron chi connectivity index (χ4n) is 2.59. The standard InChI is InChI=1S/C17H14N6O5S2/c1-11-9-10-18-17(19-11)23-29(24,25)13-7-5-12(6-8-13)22-30(26,27)15-4-2-3-14-16(15)21-28-20-14/h2-10,22H,1H3,(H,18,19,23). The van der Waals surface area contributed by atoms with Gasteiger partial charge >= 0.3 is 0 Å². The van der Waals surface area contributed by atoms with Crippen LogP contribution in [0, 0.1) is 6.92 Å². The third-order valence-electron chi connectivity index (χ3n) is 3.98. The van der Waals surface area contributed by atoms with E-state index in [1.165, 1.54) is 42.6 Å². The van der Waals surface area contributed by atoms with Crippen molar-refractivity contribution in [3.05, 3.63) is 60.4 Å². The molecule has 0 saturated carbocycles. The molecule has 0 aliphatic rings. The number of benzene rings is 2. The number of anilines is 2. The summed E-state index contributed by atoms with van der Waals surface area (Å²) in [7, 11) is -7.96. The molecule has 2 N–H and O–H groups in total. The number of nitrogens with one attached hydrogen (secondary N) is 2. The van der Waals surface area contributed by atoms with Crippen molar-refractivity contribution in [2.45, 2.75) is 16.7 Å². The smallest absolute Gasteiger partial charge is 0.264 e. The Labute approximate surface area is 171 Å². The third kappa shape index (κ3) is 3.92. The van der Waals surface area contributed by atoms with Crippen molar-refractivity contribution in [3.8, 4) is 0 Å². The topological polar surface area (TPSA) is 157 Å². The summed E-state index contributed by atoms with van der Waals surface area (Å²) in [6.07, 6.45) is 1.43. The minimum Gasteiger partial charge on any atom is -0.280 e. The molecule has 4 rings (SSSR count). The summed E-state index contributed by atoms with van der Waals surface area (Å²) >= 11 is 0. The molecule has 0 atom stereocenters. The maximum Gasteiger partial charge on any atom is 0.264 e. The zero-order valence-electron chi connectivity index (χ0n) is 15.3. The Kier molecular flexibility index (Phi) is 4.83. The van der Waals surface area contributed by atoms with E-state index in [9.17, 15) is 16.8 Å². The second-order valence-electron chi connectivity index (χ2n) is 6.15. The lowest BCUT2D eigenvalue weighted by Gasteiger charge is -2.10. The summed E-state index contributed by atoms with van der Waals surface area (Å²) in [5.74, 6) is -0.0610. The quantitative estimate of drug-likeness (QED) is 0.451. The number of hydrogen-bond acceptors (Lipinski definition) is 9. The Morgan fingerprint density at radius 3 is 2.37 bits per heavy atom. The van der Waals surface area contributed by atoms with Crippen LogP contribution in [0.3, 0.4) is 0 Å². The van der Waals surface area contributed by atoms with E-state index in [2.05, 4.69) is 34.4 Å². The van der Waals surface area contributed by atoms with Gasteiger partial charge in [0, 0.05) is 17.6 Å². The monoisotopic (exact) mass is 446 g/mol. The number of sulfonamides is 2. The van der Waals surface area contributed by atoms with Gasteiger partial charge in [0.1, 0.15) is 10.4 Å². The number of aromatic nitrogens is 4. The fourth-order valence-corrected chi connectivity index (χ4v) is 4.75. The van der Waals surface area contributed by atoms with Gasteiger partial charge in [0.05, 0.1) is 4.90 Å². The van der Waals surface area contributed by atoms with Crippen LogP contribution in [0.2, 0.25) is 0 Å². The molecule has 0 amide bonds. The van der Waals surface area contributed by atoms with Crippen molar-refractivity contribution in [1.82, 2.24) is 20.3 Å². The van der Waals surface area contributed by atoms with Crippen LogP contribution in [0.15, 0.2) is 69.1 Å². The maximum atomic E-state index is 12.7. The van der Waals surface area contributed by atoms with Gasteiger partial charge in [-0.25, -0.2) is 36.2 Å². The van der Waals surface area contributed by atoms with E-state index < -0.39 is 20.0 Å². The molecule has 0 spiro atoms. The molecule has 0 unspecified atom stereocenters. The van der Waals surface area contributed by atoms with Crippen LogP contribution in [0.1, 0.15) is 5.69 Å². The first-order valence-corrected chi connectivity index (χ1v) is 11.4. The lowest BCUT2D eigenvalue weighted by atomic mass is 10.3. The largest absolute Gasteiger partial charge is 0.280 e. The van der Waals surface area contributed by atoms with Gasteiger partial charge in [-0.1, -0.05) is 6.07 Å². The van der Waals surface area contributed by atoms with Crippen LogP contribution in [0.5, 0.6) is 0 Å². The van der Waals surface area contributed by atoms with E-state index in [0.29, 0.717) is 11.2 Å². The lowest BCUT2D eigenvalue weighted by molar-refractivity contribution is 0.315. The van der Waals surface area contributed by atoms with E-state index in [1.54, 1.807) is 19.1 Å². The summed E-state index contributed by atoms with van der Waals surface area (Å²) in [5.41, 5.74) is 1.15. The SMILES string of the molecule is Cc1ccnc(NS(=O)(=O)c2ccc(NS(=O)(=O)c3cccc4nonc34)cc2)n1. The summed E-state index contributed by atoms with van der Waals surface area (Å²) in [6.45, 7) is 1.70. The molecular formula is C17H14N6O5S2. The predicted molar refractivity (Wildman–Crippen MR) is 107 cm³/mol. The Morgan fingerprint density at radius 1 is 0.867 bits per heavy atom. The van der Waals surface area contributed by atoms with Crippen LogP contribution in [-0.2, 0) is 20.0 Å². The van der Waals surface area contributed by atoms with Crippen molar-refractivity contribution in [2.24, 2.45) is 0 Å². The molecule has 0 bridgehead atoms. The number of fused-ring (bicyclic) bond motifs is 1. The first kappa shape index (κ1) is 19.7. The molecule has 4 aromatic rings. The Morgan fingerprint density at radius 2 is 1.63 bits per heavy atom. The van der Waals surface area contributed by atoms with Crippen LogP contribution >= 0.6 is 0 Å². The average Bonchev–Trinajstić information content (AvgIpc) is 3.16. The number of nitrogens with zero attached hydrogens (tertiary/aromatic N) is 4. The molecule has 0 aliphatic carbocycles. The Balaban J connectivity index is 1.57. The highest BCUT2D eigenvalue weighted by Gasteiger charge is 2.21. The van der Waals surface area contributed by atoms with Gasteiger partial charge in [0.25, 0.3) is 20.0 Å². The van der Waals surface area contributed by atoms with E-state index in [0.717, 1.165) is 0 Å². The van der Waals surface area contributed by atoms with Gasteiger partial charge in [-0.3, -0.25) is 4.72 Å². The molecule has 154 valence electrons. The average molecular weight is 446 g/mol. The highest BCUT2D eigenvalue weighted by Crippen LogP contribution is 2.23. The molecule has 0 radical (unpaired) electrons. The highest BCUT2D eigenvalue weighted by atomic mass is 32.2. The first-order valence-electron chi connectivity index (χ1n) is 8.41. The highest BCUT2D eigenvalue weighted by molar-refractivity contribution is 7.93. The van der Waals surface area contributed by atoms with Crippen molar-refractivity contribution in [2.75, 3.05) is 9.44 Å². The molecule has 2 aromatic heterocycles. The number of aryl methyl sites for hydroxylation is 1. The lowest BCUT2D eigenvalue weighted by Crippen LogP contribution is -2.16. The summed E-state index contributed by atoms with van der Waals surface area (Å²) in [4.78, 5) is 7.65. The molecule has 2 heterocycles. The molecule has 13 heteroatoms. The van der Waals surface area contributed by atoms with Gasteiger partial charge in [0.15, 0.2) is 5.52 Å². The molecular weight excluding hydrogens is 432 g/mol. The van der Waals surface area contributed by atoms with Crippen LogP contribution in [-0.4, -0.2) is 37.1 Å². The van der Waals surface area contributed by atoms with Crippen molar-refractivity contribution in [1.29, 1.82) is 0 Å². The van der Waals surface area contributed by atoms with E-state index >= 15 is 0 Å². The molecule has 30 heavy (non-hydrogen) atoms. The third-order valence-corrected chi connectivity index (χ3v) is 6.73. The molecule has 0 saturated heterocycles.